The summed E-state index contributed by atoms with van der Waals surface area (Å²) in [5.41, 5.74) is 4.46. The summed E-state index contributed by atoms with van der Waals surface area (Å²) >= 11 is 0. The Balaban J connectivity index is 2.06. The van der Waals surface area contributed by atoms with E-state index in [1.165, 1.54) is 43.4 Å². The van der Waals surface area contributed by atoms with Gasteiger partial charge >= 0.3 is 0 Å². The minimum absolute atomic E-state index is 0.708. The van der Waals surface area contributed by atoms with Crippen LogP contribution in [0.3, 0.4) is 0 Å². The monoisotopic (exact) mass is 217 g/mol. The Morgan fingerprint density at radius 1 is 1.31 bits per heavy atom. The van der Waals surface area contributed by atoms with Gasteiger partial charge in [0.25, 0.3) is 0 Å². The first-order valence-electron chi connectivity index (χ1n) is 6.61. The van der Waals surface area contributed by atoms with Crippen molar-refractivity contribution in [1.82, 2.24) is 5.32 Å². The van der Waals surface area contributed by atoms with Crippen LogP contribution in [0.15, 0.2) is 18.2 Å². The highest BCUT2D eigenvalue weighted by Gasteiger charge is 2.13. The van der Waals surface area contributed by atoms with Gasteiger partial charge in [0.2, 0.25) is 0 Å². The van der Waals surface area contributed by atoms with Crippen LogP contribution in [0.2, 0.25) is 0 Å². The van der Waals surface area contributed by atoms with E-state index in [-0.39, 0.29) is 0 Å². The lowest BCUT2D eigenvalue weighted by Gasteiger charge is -2.24. The van der Waals surface area contributed by atoms with Crippen molar-refractivity contribution >= 4 is 0 Å². The van der Waals surface area contributed by atoms with Gasteiger partial charge in [-0.15, -0.1) is 0 Å². The van der Waals surface area contributed by atoms with Gasteiger partial charge in [-0.1, -0.05) is 31.5 Å². The molecular weight excluding hydrogens is 194 g/mol. The molecule has 1 heterocycles. The van der Waals surface area contributed by atoms with E-state index in [2.05, 4.69) is 37.4 Å². The molecule has 1 aromatic rings. The first-order chi connectivity index (χ1) is 7.79. The lowest BCUT2D eigenvalue weighted by Crippen LogP contribution is -2.35. The molecule has 1 unspecified atom stereocenters. The molecule has 16 heavy (non-hydrogen) atoms. The largest absolute Gasteiger partial charge is 0.314 e. The second-order valence-electron chi connectivity index (χ2n) is 4.97. The second kappa shape index (κ2) is 5.49. The third kappa shape index (κ3) is 2.85. The molecule has 0 saturated carbocycles. The molecule has 1 aliphatic heterocycles. The van der Waals surface area contributed by atoms with E-state index >= 15 is 0 Å². The molecule has 1 saturated heterocycles. The molecule has 0 radical (unpaired) electrons. The summed E-state index contributed by atoms with van der Waals surface area (Å²) in [6, 6.07) is 7.63. The SMILES string of the molecule is CCc1ccc(C)c(CC2CCCCN2)c1. The summed E-state index contributed by atoms with van der Waals surface area (Å²) < 4.78 is 0. The fourth-order valence-electron chi connectivity index (χ4n) is 2.53. The number of nitrogens with one attached hydrogen (secondary N) is 1. The molecule has 1 N–H and O–H groups in total. The molecule has 0 aliphatic carbocycles. The third-order valence-corrected chi connectivity index (χ3v) is 3.70. The van der Waals surface area contributed by atoms with Gasteiger partial charge in [0.05, 0.1) is 0 Å². The van der Waals surface area contributed by atoms with E-state index < -0.39 is 0 Å². The molecule has 1 fully saturated rings. The van der Waals surface area contributed by atoms with Crippen molar-refractivity contribution in [2.45, 2.75) is 52.0 Å². The normalized spacial score (nSPS) is 21.0. The standard InChI is InChI=1S/C15H23N/c1-3-13-8-7-12(2)14(10-13)11-15-6-4-5-9-16-15/h7-8,10,15-16H,3-6,9,11H2,1-2H3. The summed E-state index contributed by atoms with van der Waals surface area (Å²) in [6.07, 6.45) is 6.44. The fourth-order valence-corrected chi connectivity index (χ4v) is 2.53. The van der Waals surface area contributed by atoms with E-state index in [9.17, 15) is 0 Å². The van der Waals surface area contributed by atoms with Gasteiger partial charge in [0, 0.05) is 6.04 Å². The number of piperidine rings is 1. The van der Waals surface area contributed by atoms with Crippen molar-refractivity contribution in [3.63, 3.8) is 0 Å². The maximum Gasteiger partial charge on any atom is 0.0108 e. The molecule has 1 aliphatic rings. The van der Waals surface area contributed by atoms with Gasteiger partial charge in [-0.05, 0) is 55.8 Å². The lowest BCUT2D eigenvalue weighted by atomic mass is 9.94. The minimum atomic E-state index is 0.708. The van der Waals surface area contributed by atoms with Crippen LogP contribution >= 0.6 is 0 Å². The Morgan fingerprint density at radius 2 is 2.19 bits per heavy atom. The van der Waals surface area contributed by atoms with E-state index in [0.717, 1.165) is 6.42 Å². The fraction of sp³-hybridized carbons (Fsp3) is 0.600. The number of hydrogen-bond donors (Lipinski definition) is 1. The predicted octanol–water partition coefficient (Wildman–Crippen LogP) is 3.24. The predicted molar refractivity (Wildman–Crippen MR) is 69.9 cm³/mol. The maximum absolute atomic E-state index is 3.63. The lowest BCUT2D eigenvalue weighted by molar-refractivity contribution is 0.399. The highest BCUT2D eigenvalue weighted by Crippen LogP contribution is 2.17. The van der Waals surface area contributed by atoms with Crippen LogP contribution in [0.1, 0.15) is 42.9 Å². The van der Waals surface area contributed by atoms with Crippen molar-refractivity contribution in [2.24, 2.45) is 0 Å². The number of benzene rings is 1. The second-order valence-corrected chi connectivity index (χ2v) is 4.97. The van der Waals surface area contributed by atoms with E-state index in [0.29, 0.717) is 6.04 Å². The highest BCUT2D eigenvalue weighted by atomic mass is 14.9. The van der Waals surface area contributed by atoms with E-state index in [4.69, 9.17) is 0 Å². The molecular formula is C15H23N. The number of aryl methyl sites for hydroxylation is 2. The smallest absolute Gasteiger partial charge is 0.0108 e. The van der Waals surface area contributed by atoms with Crippen molar-refractivity contribution in [1.29, 1.82) is 0 Å². The van der Waals surface area contributed by atoms with Crippen molar-refractivity contribution in [2.75, 3.05) is 6.54 Å². The van der Waals surface area contributed by atoms with Crippen LogP contribution in [0.25, 0.3) is 0 Å². The zero-order valence-electron chi connectivity index (χ0n) is 10.6. The quantitative estimate of drug-likeness (QED) is 0.819. The molecule has 1 heteroatoms. The molecule has 0 aromatic heterocycles. The van der Waals surface area contributed by atoms with Crippen molar-refractivity contribution < 1.29 is 0 Å². The number of hydrogen-bond acceptors (Lipinski definition) is 1. The molecule has 0 bridgehead atoms. The van der Waals surface area contributed by atoms with Crippen LogP contribution < -0.4 is 5.32 Å². The molecule has 0 amide bonds. The van der Waals surface area contributed by atoms with Crippen LogP contribution in [0, 0.1) is 6.92 Å². The van der Waals surface area contributed by atoms with Crippen molar-refractivity contribution in [3.05, 3.63) is 34.9 Å². The molecule has 1 aromatic carbocycles. The summed E-state index contributed by atoms with van der Waals surface area (Å²) in [5, 5.41) is 3.63. The van der Waals surface area contributed by atoms with Gasteiger partial charge < -0.3 is 5.32 Å². The summed E-state index contributed by atoms with van der Waals surface area (Å²) in [6.45, 7) is 5.67. The minimum Gasteiger partial charge on any atom is -0.314 e. The summed E-state index contributed by atoms with van der Waals surface area (Å²) in [7, 11) is 0. The Labute approximate surface area is 99.3 Å². The molecule has 1 nitrogen and oxygen atoms in total. The van der Waals surface area contributed by atoms with E-state index in [1.807, 2.05) is 0 Å². The van der Waals surface area contributed by atoms with E-state index in [1.54, 1.807) is 5.56 Å². The highest BCUT2D eigenvalue weighted by molar-refractivity contribution is 5.31. The van der Waals surface area contributed by atoms with Gasteiger partial charge in [0.1, 0.15) is 0 Å². The van der Waals surface area contributed by atoms with Gasteiger partial charge in [-0.25, -0.2) is 0 Å². The Bertz CT molecular complexity index is 337. The molecule has 2 rings (SSSR count). The topological polar surface area (TPSA) is 12.0 Å². The summed E-state index contributed by atoms with van der Waals surface area (Å²) in [5.74, 6) is 0. The summed E-state index contributed by atoms with van der Waals surface area (Å²) in [4.78, 5) is 0. The van der Waals surface area contributed by atoms with Crippen LogP contribution in [-0.2, 0) is 12.8 Å². The Kier molecular flexibility index (Phi) is 4.00. The van der Waals surface area contributed by atoms with Gasteiger partial charge in [-0.2, -0.15) is 0 Å². The van der Waals surface area contributed by atoms with Gasteiger partial charge in [0.15, 0.2) is 0 Å². The Hall–Kier alpha value is -0.820. The van der Waals surface area contributed by atoms with Crippen LogP contribution in [0.4, 0.5) is 0 Å². The molecule has 0 spiro atoms. The van der Waals surface area contributed by atoms with Crippen LogP contribution in [-0.4, -0.2) is 12.6 Å². The van der Waals surface area contributed by atoms with Gasteiger partial charge in [-0.3, -0.25) is 0 Å². The Morgan fingerprint density at radius 3 is 2.88 bits per heavy atom. The first kappa shape index (κ1) is 11.7. The maximum atomic E-state index is 3.63. The van der Waals surface area contributed by atoms with Crippen molar-refractivity contribution in [3.8, 4) is 0 Å². The zero-order chi connectivity index (χ0) is 11.4. The molecule has 1 atom stereocenters. The zero-order valence-corrected chi connectivity index (χ0v) is 10.6. The van der Waals surface area contributed by atoms with Crippen LogP contribution in [0.5, 0.6) is 0 Å². The first-order valence-corrected chi connectivity index (χ1v) is 6.61. The average molecular weight is 217 g/mol. The molecule has 88 valence electrons. The third-order valence-electron chi connectivity index (χ3n) is 3.70. The average Bonchev–Trinajstić information content (AvgIpc) is 2.33. The number of rotatable bonds is 3.